The maximum absolute atomic E-state index is 2.38. The first kappa shape index (κ1) is 22.3. The molecule has 0 bridgehead atoms. The van der Waals surface area contributed by atoms with Gasteiger partial charge in [-0.05, 0) is 77.1 Å². The molecule has 2 aliphatic carbocycles. The molecule has 0 saturated heterocycles. The number of aryl methyl sites for hydroxylation is 1. The lowest BCUT2D eigenvalue weighted by molar-refractivity contribution is 0.660. The number of allylic oxidation sites excluding steroid dienone is 4. The third-order valence-electron chi connectivity index (χ3n) is 7.14. The van der Waals surface area contributed by atoms with E-state index in [0.717, 1.165) is 5.92 Å². The van der Waals surface area contributed by atoms with Crippen molar-refractivity contribution < 1.29 is 0 Å². The standard InChI is InChI=1S/C22H20.C10H16/c1-15-9-11-18-19-12-10-17(16-7-5-4-6-8-16)14-21(19)22(2,3)20(18)13-15;1-3-9(2)10-7-5-4-6-8-10/h4-14H,1-3H3;5,7-9H,3-4,6H2,1-2H3. The van der Waals surface area contributed by atoms with Crippen LogP contribution in [-0.2, 0) is 5.41 Å². The van der Waals surface area contributed by atoms with Crippen LogP contribution in [0.2, 0.25) is 0 Å². The first-order valence-corrected chi connectivity index (χ1v) is 12.1. The smallest absolute Gasteiger partial charge is 0.0159 e. The molecule has 0 nitrogen and oxygen atoms in total. The molecule has 0 heteroatoms. The zero-order chi connectivity index (χ0) is 22.7. The Balaban J connectivity index is 0.000000207. The number of benzene rings is 3. The van der Waals surface area contributed by atoms with E-state index in [4.69, 9.17) is 0 Å². The molecule has 0 N–H and O–H groups in total. The molecule has 0 aliphatic heterocycles. The van der Waals surface area contributed by atoms with Gasteiger partial charge in [0.2, 0.25) is 0 Å². The van der Waals surface area contributed by atoms with Crippen LogP contribution < -0.4 is 0 Å². The monoisotopic (exact) mass is 420 g/mol. The van der Waals surface area contributed by atoms with Crippen LogP contribution >= 0.6 is 0 Å². The minimum absolute atomic E-state index is 0.0709. The van der Waals surface area contributed by atoms with Gasteiger partial charge >= 0.3 is 0 Å². The topological polar surface area (TPSA) is 0 Å². The van der Waals surface area contributed by atoms with Crippen LogP contribution in [0.4, 0.5) is 0 Å². The molecule has 164 valence electrons. The van der Waals surface area contributed by atoms with Gasteiger partial charge in [0, 0.05) is 5.41 Å². The van der Waals surface area contributed by atoms with E-state index in [-0.39, 0.29) is 5.41 Å². The lowest BCUT2D eigenvalue weighted by Gasteiger charge is -2.22. The summed E-state index contributed by atoms with van der Waals surface area (Å²) < 4.78 is 0. The molecule has 2 aliphatic rings. The summed E-state index contributed by atoms with van der Waals surface area (Å²) >= 11 is 0. The number of hydrogen-bond acceptors (Lipinski definition) is 0. The fraction of sp³-hybridized carbons (Fsp3) is 0.312. The van der Waals surface area contributed by atoms with Gasteiger partial charge in [-0.15, -0.1) is 0 Å². The molecular formula is C32H36. The fourth-order valence-corrected chi connectivity index (χ4v) is 4.90. The van der Waals surface area contributed by atoms with Crippen molar-refractivity contribution in [3.8, 4) is 22.3 Å². The van der Waals surface area contributed by atoms with Crippen LogP contribution in [0.5, 0.6) is 0 Å². The largest absolute Gasteiger partial charge is 0.0840 e. The fourth-order valence-electron chi connectivity index (χ4n) is 4.90. The Morgan fingerprint density at radius 1 is 0.812 bits per heavy atom. The van der Waals surface area contributed by atoms with Gasteiger partial charge in [-0.1, -0.05) is 112 Å². The Kier molecular flexibility index (Phi) is 6.51. The van der Waals surface area contributed by atoms with Crippen molar-refractivity contribution in [1.82, 2.24) is 0 Å². The van der Waals surface area contributed by atoms with Gasteiger partial charge in [0.1, 0.15) is 0 Å². The van der Waals surface area contributed by atoms with Crippen LogP contribution in [0.15, 0.2) is 90.5 Å². The highest BCUT2D eigenvalue weighted by Crippen LogP contribution is 2.49. The normalized spacial score (nSPS) is 16.3. The second-order valence-electron chi connectivity index (χ2n) is 9.79. The number of rotatable bonds is 3. The van der Waals surface area contributed by atoms with Gasteiger partial charge in [-0.2, -0.15) is 0 Å². The summed E-state index contributed by atoms with van der Waals surface area (Å²) in [7, 11) is 0. The zero-order valence-electron chi connectivity index (χ0n) is 20.3. The first-order valence-electron chi connectivity index (χ1n) is 12.1. The van der Waals surface area contributed by atoms with E-state index in [9.17, 15) is 0 Å². The van der Waals surface area contributed by atoms with Crippen LogP contribution in [-0.4, -0.2) is 0 Å². The predicted molar refractivity (Wildman–Crippen MR) is 140 cm³/mol. The maximum Gasteiger partial charge on any atom is 0.0159 e. The highest BCUT2D eigenvalue weighted by molar-refractivity contribution is 5.83. The van der Waals surface area contributed by atoms with Gasteiger partial charge in [0.25, 0.3) is 0 Å². The van der Waals surface area contributed by atoms with Gasteiger partial charge in [-0.25, -0.2) is 0 Å². The van der Waals surface area contributed by atoms with Crippen molar-refractivity contribution in [1.29, 1.82) is 0 Å². The Morgan fingerprint density at radius 2 is 1.50 bits per heavy atom. The molecular weight excluding hydrogens is 384 g/mol. The van der Waals surface area contributed by atoms with Crippen LogP contribution in [0, 0.1) is 12.8 Å². The third kappa shape index (κ3) is 4.37. The first-order chi connectivity index (χ1) is 15.4. The molecule has 1 atom stereocenters. The lowest BCUT2D eigenvalue weighted by atomic mass is 9.81. The highest BCUT2D eigenvalue weighted by atomic mass is 14.4. The molecule has 5 rings (SSSR count). The van der Waals surface area contributed by atoms with E-state index in [2.05, 4.69) is 120 Å². The summed E-state index contributed by atoms with van der Waals surface area (Å²) in [5.41, 5.74) is 11.2. The Morgan fingerprint density at radius 3 is 2.16 bits per heavy atom. The van der Waals surface area contributed by atoms with Crippen LogP contribution in [0.25, 0.3) is 22.3 Å². The summed E-state index contributed by atoms with van der Waals surface area (Å²) in [6.45, 7) is 11.4. The maximum atomic E-state index is 2.38. The van der Waals surface area contributed by atoms with E-state index < -0.39 is 0 Å². The highest BCUT2D eigenvalue weighted by Gasteiger charge is 2.35. The van der Waals surface area contributed by atoms with E-state index in [0.29, 0.717) is 0 Å². The summed E-state index contributed by atoms with van der Waals surface area (Å²) in [6, 6.07) is 24.4. The van der Waals surface area contributed by atoms with Crippen molar-refractivity contribution >= 4 is 0 Å². The molecule has 0 aromatic heterocycles. The molecule has 1 unspecified atom stereocenters. The number of hydrogen-bond donors (Lipinski definition) is 0. The van der Waals surface area contributed by atoms with Crippen molar-refractivity contribution in [3.63, 3.8) is 0 Å². The molecule has 0 radical (unpaired) electrons. The Labute approximate surface area is 194 Å². The van der Waals surface area contributed by atoms with Crippen molar-refractivity contribution in [2.24, 2.45) is 5.92 Å². The van der Waals surface area contributed by atoms with E-state index >= 15 is 0 Å². The third-order valence-corrected chi connectivity index (χ3v) is 7.14. The van der Waals surface area contributed by atoms with Gasteiger partial charge < -0.3 is 0 Å². The van der Waals surface area contributed by atoms with Crippen molar-refractivity contribution in [3.05, 3.63) is 107 Å². The summed E-state index contributed by atoms with van der Waals surface area (Å²) in [5.74, 6) is 0.761. The minimum Gasteiger partial charge on any atom is -0.0840 e. The minimum atomic E-state index is 0.0709. The average Bonchev–Trinajstić information content (AvgIpc) is 3.06. The summed E-state index contributed by atoms with van der Waals surface area (Å²) in [5, 5.41) is 0. The molecule has 3 aromatic carbocycles. The summed E-state index contributed by atoms with van der Waals surface area (Å²) in [4.78, 5) is 0. The SMILES string of the molecule is CCC(C)C1=CCCC=C1.Cc1ccc2c(c1)C(C)(C)c1cc(-c3ccccc3)ccc1-2. The lowest BCUT2D eigenvalue weighted by Crippen LogP contribution is -2.15. The quantitative estimate of drug-likeness (QED) is 0.396. The van der Waals surface area contributed by atoms with E-state index in [1.807, 2.05) is 0 Å². The second-order valence-corrected chi connectivity index (χ2v) is 9.79. The molecule has 0 spiro atoms. The predicted octanol–water partition coefficient (Wildman–Crippen LogP) is 9.28. The Hall–Kier alpha value is -2.86. The summed E-state index contributed by atoms with van der Waals surface area (Å²) in [6.07, 6.45) is 10.7. The van der Waals surface area contributed by atoms with E-state index in [1.54, 1.807) is 0 Å². The molecule has 3 aromatic rings. The van der Waals surface area contributed by atoms with Crippen molar-refractivity contribution in [2.45, 2.75) is 59.3 Å². The molecule has 0 fully saturated rings. The Bertz CT molecular complexity index is 1140. The van der Waals surface area contributed by atoms with E-state index in [1.165, 1.54) is 63.8 Å². The molecule has 0 heterocycles. The van der Waals surface area contributed by atoms with Crippen LogP contribution in [0.1, 0.15) is 63.6 Å². The zero-order valence-corrected chi connectivity index (χ0v) is 20.3. The van der Waals surface area contributed by atoms with Gasteiger partial charge in [0.15, 0.2) is 0 Å². The number of fused-ring (bicyclic) bond motifs is 3. The van der Waals surface area contributed by atoms with Crippen LogP contribution in [0.3, 0.4) is 0 Å². The van der Waals surface area contributed by atoms with Crippen molar-refractivity contribution in [2.75, 3.05) is 0 Å². The van der Waals surface area contributed by atoms with Gasteiger partial charge in [0.05, 0.1) is 0 Å². The average molecular weight is 421 g/mol. The molecule has 32 heavy (non-hydrogen) atoms. The van der Waals surface area contributed by atoms with Gasteiger partial charge in [-0.3, -0.25) is 0 Å². The molecule has 0 amide bonds. The second kappa shape index (κ2) is 9.33. The molecule has 0 saturated carbocycles.